The fourth-order valence-corrected chi connectivity index (χ4v) is 4.93. The molecule has 1 heterocycles. The summed E-state index contributed by atoms with van der Waals surface area (Å²) in [6.07, 6.45) is 2.23. The molecular formula is C15H26N4O4S. The third-order valence-corrected chi connectivity index (χ3v) is 6.29. The molecule has 1 rings (SSSR count). The summed E-state index contributed by atoms with van der Waals surface area (Å²) >= 11 is 0. The lowest BCUT2D eigenvalue weighted by atomic mass is 9.94. The molecule has 1 amide bonds. The van der Waals surface area contributed by atoms with Crippen LogP contribution in [0.2, 0.25) is 0 Å². The summed E-state index contributed by atoms with van der Waals surface area (Å²) in [7, 11) is -3.78. The first-order valence-corrected chi connectivity index (χ1v) is 9.67. The Morgan fingerprint density at radius 3 is 2.21 bits per heavy atom. The number of Topliss-reactive ketones (excluding diaryl/α,β-unsaturated/α-hetero) is 1. The van der Waals surface area contributed by atoms with Crippen LogP contribution in [0.3, 0.4) is 0 Å². The van der Waals surface area contributed by atoms with E-state index in [1.165, 1.54) is 6.07 Å². The second kappa shape index (κ2) is 7.89. The number of rotatable bonds is 10. The highest BCUT2D eigenvalue weighted by molar-refractivity contribution is 7.92. The largest absolute Gasteiger partial charge is 0.368 e. The minimum atomic E-state index is -3.78. The van der Waals surface area contributed by atoms with Crippen molar-refractivity contribution < 1.29 is 18.0 Å². The van der Waals surface area contributed by atoms with Gasteiger partial charge in [0, 0.05) is 5.69 Å². The summed E-state index contributed by atoms with van der Waals surface area (Å²) in [5, 5.41) is 5.66. The second-order valence-corrected chi connectivity index (χ2v) is 8.39. The lowest BCUT2D eigenvalue weighted by molar-refractivity contribution is -0.120. The number of hydrogen-bond donors (Lipinski definition) is 3. The number of hydrogen-bond acceptors (Lipinski definition) is 6. The van der Waals surface area contributed by atoms with Gasteiger partial charge in [-0.2, -0.15) is 5.10 Å². The molecule has 0 saturated heterocycles. The molecule has 1 aromatic heterocycles. The Bertz CT molecular complexity index is 692. The number of aryl methyl sites for hydroxylation is 1. The topological polar surface area (TPSA) is 149 Å². The summed E-state index contributed by atoms with van der Waals surface area (Å²) in [5.74, 6) is -2.89. The summed E-state index contributed by atoms with van der Waals surface area (Å²) < 4.78 is 25.4. The number of ketones is 1. The lowest BCUT2D eigenvalue weighted by Gasteiger charge is -2.26. The summed E-state index contributed by atoms with van der Waals surface area (Å²) in [4.78, 5) is 24.4. The molecule has 0 radical (unpaired) electrons. The Hall–Kier alpha value is -1.74. The Labute approximate surface area is 142 Å². The lowest BCUT2D eigenvalue weighted by Crippen LogP contribution is -2.63. The maximum absolute atomic E-state index is 12.7. The van der Waals surface area contributed by atoms with Crippen LogP contribution in [0.25, 0.3) is 0 Å². The molecule has 24 heavy (non-hydrogen) atoms. The Morgan fingerprint density at radius 1 is 1.29 bits per heavy atom. The molecule has 0 fully saturated rings. The van der Waals surface area contributed by atoms with Crippen LogP contribution in [0.1, 0.15) is 55.7 Å². The standard InChI is InChI=1S/C15H26N4O4S/c1-4-6-11(7-5-2)24(22,23)9-15(17,14(16)21)13(20)12-8-10(3)18-19-12/h8,11H,4-7,9,17H2,1-3H3,(H2,16,21)(H,18,19)/t15-/m1/s1. The van der Waals surface area contributed by atoms with E-state index < -0.39 is 38.1 Å². The van der Waals surface area contributed by atoms with Crippen molar-refractivity contribution in [3.63, 3.8) is 0 Å². The summed E-state index contributed by atoms with van der Waals surface area (Å²) in [6, 6.07) is 1.40. The third kappa shape index (κ3) is 4.41. The first-order chi connectivity index (χ1) is 11.1. The SMILES string of the molecule is CCCC(CCC)S(=O)(=O)C[C@](N)(C(N)=O)C(=O)c1cc(C)[nH]n1. The number of H-pyrrole nitrogens is 1. The van der Waals surface area contributed by atoms with Gasteiger partial charge in [-0.05, 0) is 25.8 Å². The van der Waals surface area contributed by atoms with Crippen molar-refractivity contribution >= 4 is 21.5 Å². The maximum atomic E-state index is 12.7. The highest BCUT2D eigenvalue weighted by atomic mass is 32.2. The number of carbonyl (C=O) groups is 2. The fraction of sp³-hybridized carbons (Fsp3) is 0.667. The smallest absolute Gasteiger partial charge is 0.246 e. The summed E-state index contributed by atoms with van der Waals surface area (Å²) in [5.41, 5.74) is 9.32. The molecule has 0 aliphatic carbocycles. The number of nitrogens with two attached hydrogens (primary N) is 2. The van der Waals surface area contributed by atoms with Gasteiger partial charge in [0.05, 0.1) is 11.0 Å². The van der Waals surface area contributed by atoms with Crippen molar-refractivity contribution in [1.82, 2.24) is 10.2 Å². The molecular weight excluding hydrogens is 332 g/mol. The predicted octanol–water partition coefficient (Wildman–Crippen LogP) is 0.467. The minimum Gasteiger partial charge on any atom is -0.368 e. The molecule has 0 unspecified atom stereocenters. The third-order valence-electron chi connectivity index (χ3n) is 3.94. The van der Waals surface area contributed by atoms with Crippen molar-refractivity contribution in [2.75, 3.05) is 5.75 Å². The minimum absolute atomic E-state index is 0.105. The van der Waals surface area contributed by atoms with Crippen molar-refractivity contribution in [1.29, 1.82) is 0 Å². The van der Waals surface area contributed by atoms with Crippen LogP contribution < -0.4 is 11.5 Å². The number of nitrogens with one attached hydrogen (secondary N) is 1. The van der Waals surface area contributed by atoms with Crippen LogP contribution in [-0.2, 0) is 14.6 Å². The monoisotopic (exact) mass is 358 g/mol. The molecule has 0 saturated carbocycles. The molecule has 1 atom stereocenters. The van der Waals surface area contributed by atoms with Crippen LogP contribution in [-0.4, -0.2) is 46.8 Å². The number of amides is 1. The molecule has 9 heteroatoms. The van der Waals surface area contributed by atoms with E-state index in [0.29, 0.717) is 31.4 Å². The van der Waals surface area contributed by atoms with Gasteiger partial charge in [-0.3, -0.25) is 14.7 Å². The maximum Gasteiger partial charge on any atom is 0.246 e. The van der Waals surface area contributed by atoms with E-state index in [2.05, 4.69) is 10.2 Å². The van der Waals surface area contributed by atoms with Crippen LogP contribution in [0, 0.1) is 6.92 Å². The van der Waals surface area contributed by atoms with Crippen molar-refractivity contribution in [3.8, 4) is 0 Å². The number of aromatic amines is 1. The molecule has 0 aliphatic rings. The number of primary amides is 1. The highest BCUT2D eigenvalue weighted by Gasteiger charge is 2.47. The van der Waals surface area contributed by atoms with Crippen LogP contribution in [0.5, 0.6) is 0 Å². The van der Waals surface area contributed by atoms with E-state index >= 15 is 0 Å². The molecule has 0 aromatic carbocycles. The van der Waals surface area contributed by atoms with E-state index in [9.17, 15) is 18.0 Å². The Balaban J connectivity index is 3.19. The number of carbonyl (C=O) groups excluding carboxylic acids is 2. The number of nitrogens with zero attached hydrogens (tertiary/aromatic N) is 1. The van der Waals surface area contributed by atoms with E-state index in [0.717, 1.165) is 0 Å². The average molecular weight is 358 g/mol. The van der Waals surface area contributed by atoms with Crippen LogP contribution in [0.4, 0.5) is 0 Å². The van der Waals surface area contributed by atoms with E-state index in [1.54, 1.807) is 6.92 Å². The zero-order valence-corrected chi connectivity index (χ0v) is 15.1. The molecule has 1 aromatic rings. The van der Waals surface area contributed by atoms with Gasteiger partial charge in [0.15, 0.2) is 15.4 Å². The van der Waals surface area contributed by atoms with E-state index in [1.807, 2.05) is 13.8 Å². The average Bonchev–Trinajstić information content (AvgIpc) is 2.92. The quantitative estimate of drug-likeness (QED) is 0.409. The zero-order chi connectivity index (χ0) is 18.5. The van der Waals surface area contributed by atoms with Gasteiger partial charge >= 0.3 is 0 Å². The van der Waals surface area contributed by atoms with Gasteiger partial charge in [-0.1, -0.05) is 26.7 Å². The van der Waals surface area contributed by atoms with Gasteiger partial charge in [-0.15, -0.1) is 0 Å². The predicted molar refractivity (Wildman–Crippen MR) is 91.2 cm³/mol. The van der Waals surface area contributed by atoms with Crippen molar-refractivity contribution in [2.24, 2.45) is 11.5 Å². The molecule has 5 N–H and O–H groups in total. The van der Waals surface area contributed by atoms with Crippen molar-refractivity contribution in [2.45, 2.75) is 57.2 Å². The first-order valence-electron chi connectivity index (χ1n) is 7.95. The molecule has 8 nitrogen and oxygen atoms in total. The normalized spacial score (nSPS) is 14.5. The van der Waals surface area contributed by atoms with Gasteiger partial charge in [0.1, 0.15) is 5.69 Å². The molecule has 136 valence electrons. The zero-order valence-electron chi connectivity index (χ0n) is 14.3. The number of sulfone groups is 1. The molecule has 0 bridgehead atoms. The van der Waals surface area contributed by atoms with E-state index in [4.69, 9.17) is 11.5 Å². The first kappa shape index (κ1) is 20.3. The second-order valence-electron chi connectivity index (χ2n) is 6.11. The van der Waals surface area contributed by atoms with Gasteiger partial charge in [0.25, 0.3) is 0 Å². The van der Waals surface area contributed by atoms with Gasteiger partial charge in [0.2, 0.25) is 11.7 Å². The fourth-order valence-electron chi connectivity index (χ4n) is 2.59. The molecule has 0 spiro atoms. The van der Waals surface area contributed by atoms with Gasteiger partial charge < -0.3 is 11.5 Å². The Kier molecular flexibility index (Phi) is 6.67. The van der Waals surface area contributed by atoms with E-state index in [-0.39, 0.29) is 5.69 Å². The summed E-state index contributed by atoms with van der Waals surface area (Å²) in [6.45, 7) is 5.42. The van der Waals surface area contributed by atoms with Crippen molar-refractivity contribution in [3.05, 3.63) is 17.5 Å². The van der Waals surface area contributed by atoms with Crippen LogP contribution in [0.15, 0.2) is 6.07 Å². The highest BCUT2D eigenvalue weighted by Crippen LogP contribution is 2.21. The van der Waals surface area contributed by atoms with Gasteiger partial charge in [-0.25, -0.2) is 8.42 Å². The molecule has 0 aliphatic heterocycles. The Morgan fingerprint density at radius 2 is 1.83 bits per heavy atom. The number of aromatic nitrogens is 2. The van der Waals surface area contributed by atoms with Crippen LogP contribution >= 0.6 is 0 Å².